The number of rotatable bonds is 3. The van der Waals surface area contributed by atoms with Crippen molar-refractivity contribution in [2.45, 2.75) is 26.2 Å². The minimum atomic E-state index is -0.367. The molecular weight excluding hydrogens is 192 g/mol. The Labute approximate surface area is 81.4 Å². The van der Waals surface area contributed by atoms with Crippen LogP contribution in [0.3, 0.4) is 0 Å². The standard InChI is InChI=1S/C9H11ClO3/c1-2-13-7(12)9-3-8(4-9,5-9)6(10)11/h2-5H2,1H3. The molecule has 0 saturated heterocycles. The van der Waals surface area contributed by atoms with Gasteiger partial charge in [0.15, 0.2) is 0 Å². The lowest BCUT2D eigenvalue weighted by molar-refractivity contribution is -0.219. The Morgan fingerprint density at radius 1 is 1.31 bits per heavy atom. The van der Waals surface area contributed by atoms with E-state index >= 15 is 0 Å². The molecule has 3 aliphatic rings. The zero-order valence-electron chi connectivity index (χ0n) is 7.43. The second-order valence-corrected chi connectivity index (χ2v) is 4.43. The highest BCUT2D eigenvalue weighted by atomic mass is 35.5. The van der Waals surface area contributed by atoms with Crippen LogP contribution in [0.4, 0.5) is 0 Å². The van der Waals surface area contributed by atoms with E-state index in [1.807, 2.05) is 0 Å². The second-order valence-electron chi connectivity index (χ2n) is 4.09. The zero-order valence-corrected chi connectivity index (χ0v) is 8.19. The lowest BCUT2D eigenvalue weighted by Crippen LogP contribution is -2.68. The summed E-state index contributed by atoms with van der Waals surface area (Å²) in [5.74, 6) is -0.158. The fourth-order valence-corrected chi connectivity index (χ4v) is 2.70. The summed E-state index contributed by atoms with van der Waals surface area (Å²) in [5, 5.41) is -0.293. The molecule has 4 heteroatoms. The Hall–Kier alpha value is -0.570. The number of halogens is 1. The lowest BCUT2D eigenvalue weighted by atomic mass is 9.35. The van der Waals surface area contributed by atoms with Gasteiger partial charge in [-0.05, 0) is 37.8 Å². The van der Waals surface area contributed by atoms with Crippen LogP contribution in [0, 0.1) is 10.8 Å². The normalized spacial score (nSPS) is 40.2. The van der Waals surface area contributed by atoms with Crippen LogP contribution in [0.2, 0.25) is 0 Å². The van der Waals surface area contributed by atoms with Gasteiger partial charge in [-0.1, -0.05) is 0 Å². The van der Waals surface area contributed by atoms with Crippen molar-refractivity contribution in [1.29, 1.82) is 0 Å². The molecule has 13 heavy (non-hydrogen) atoms. The first kappa shape index (κ1) is 9.00. The quantitative estimate of drug-likeness (QED) is 0.515. The van der Waals surface area contributed by atoms with Crippen LogP contribution in [-0.2, 0) is 14.3 Å². The average molecular weight is 203 g/mol. The largest absolute Gasteiger partial charge is 0.466 e. The average Bonchev–Trinajstić information content (AvgIpc) is 1.79. The molecule has 0 N–H and O–H groups in total. The van der Waals surface area contributed by atoms with E-state index < -0.39 is 0 Å². The van der Waals surface area contributed by atoms with Crippen LogP contribution in [0.25, 0.3) is 0 Å². The van der Waals surface area contributed by atoms with E-state index in [9.17, 15) is 9.59 Å². The zero-order chi connectivity index (χ0) is 9.69. The van der Waals surface area contributed by atoms with Gasteiger partial charge in [-0.15, -0.1) is 0 Å². The third kappa shape index (κ3) is 0.966. The summed E-state index contributed by atoms with van der Waals surface area (Å²) in [6.45, 7) is 2.19. The first-order chi connectivity index (χ1) is 6.05. The molecule has 2 bridgehead atoms. The van der Waals surface area contributed by atoms with Crippen LogP contribution < -0.4 is 0 Å². The lowest BCUT2D eigenvalue weighted by Gasteiger charge is -2.66. The number of ether oxygens (including phenoxy) is 1. The van der Waals surface area contributed by atoms with E-state index in [0.717, 1.165) is 0 Å². The second kappa shape index (κ2) is 2.47. The fraction of sp³-hybridized carbons (Fsp3) is 0.778. The predicted molar refractivity (Wildman–Crippen MR) is 46.2 cm³/mol. The van der Waals surface area contributed by atoms with Gasteiger partial charge in [0, 0.05) is 5.41 Å². The fourth-order valence-electron chi connectivity index (χ4n) is 2.50. The molecule has 0 unspecified atom stereocenters. The van der Waals surface area contributed by atoms with Crippen LogP contribution >= 0.6 is 11.6 Å². The minimum absolute atomic E-state index is 0.158. The van der Waals surface area contributed by atoms with Crippen molar-refractivity contribution in [3.8, 4) is 0 Å². The van der Waals surface area contributed by atoms with Gasteiger partial charge in [-0.25, -0.2) is 0 Å². The number of carbonyl (C=O) groups is 2. The van der Waals surface area contributed by atoms with Crippen LogP contribution in [0.15, 0.2) is 0 Å². The van der Waals surface area contributed by atoms with Crippen molar-refractivity contribution in [3.05, 3.63) is 0 Å². The van der Waals surface area contributed by atoms with E-state index in [2.05, 4.69) is 0 Å². The van der Waals surface area contributed by atoms with E-state index in [0.29, 0.717) is 25.9 Å². The van der Waals surface area contributed by atoms with Gasteiger partial charge in [0.1, 0.15) is 0 Å². The maximum atomic E-state index is 11.4. The van der Waals surface area contributed by atoms with Gasteiger partial charge in [-0.2, -0.15) is 0 Å². The van der Waals surface area contributed by atoms with Crippen molar-refractivity contribution in [2.75, 3.05) is 6.61 Å². The van der Waals surface area contributed by atoms with E-state index in [1.54, 1.807) is 6.92 Å². The van der Waals surface area contributed by atoms with Gasteiger partial charge in [0.05, 0.1) is 12.0 Å². The van der Waals surface area contributed by atoms with Crippen molar-refractivity contribution in [3.63, 3.8) is 0 Å². The molecule has 0 spiro atoms. The molecule has 0 heterocycles. The SMILES string of the molecule is CCOC(=O)C12CC(C(=O)Cl)(C1)C2. The molecule has 3 fully saturated rings. The topological polar surface area (TPSA) is 43.4 Å². The van der Waals surface area contributed by atoms with Gasteiger partial charge < -0.3 is 4.74 Å². The Morgan fingerprint density at radius 2 is 1.85 bits per heavy atom. The summed E-state index contributed by atoms with van der Waals surface area (Å²) in [7, 11) is 0. The molecule has 3 rings (SSSR count). The number of hydrogen-bond donors (Lipinski definition) is 0. The summed E-state index contributed by atoms with van der Waals surface area (Å²) in [5.41, 5.74) is -0.713. The van der Waals surface area contributed by atoms with E-state index in [4.69, 9.17) is 16.3 Å². The maximum absolute atomic E-state index is 11.4. The Bertz CT molecular complexity index is 265. The molecule has 0 aromatic rings. The summed E-state index contributed by atoms with van der Waals surface area (Å²) < 4.78 is 4.92. The number of esters is 1. The van der Waals surface area contributed by atoms with E-state index in [1.165, 1.54) is 0 Å². The van der Waals surface area contributed by atoms with Gasteiger partial charge in [0.25, 0.3) is 0 Å². The third-order valence-corrected chi connectivity index (χ3v) is 3.56. The van der Waals surface area contributed by atoms with Gasteiger partial charge in [-0.3, -0.25) is 9.59 Å². The third-order valence-electron chi connectivity index (χ3n) is 3.16. The predicted octanol–water partition coefficient (Wildman–Crippen LogP) is 1.49. The van der Waals surface area contributed by atoms with Crippen molar-refractivity contribution >= 4 is 22.8 Å². The summed E-state index contributed by atoms with van der Waals surface area (Å²) >= 11 is 5.41. The first-order valence-corrected chi connectivity index (χ1v) is 4.80. The molecule has 3 aliphatic carbocycles. The Kier molecular flexibility index (Phi) is 1.71. The van der Waals surface area contributed by atoms with Crippen LogP contribution in [-0.4, -0.2) is 17.8 Å². The van der Waals surface area contributed by atoms with Gasteiger partial charge in [0.2, 0.25) is 5.24 Å². The molecule has 0 aliphatic heterocycles. The number of carbonyl (C=O) groups excluding carboxylic acids is 2. The molecule has 72 valence electrons. The summed E-state index contributed by atoms with van der Waals surface area (Å²) in [6, 6.07) is 0. The minimum Gasteiger partial charge on any atom is -0.466 e. The molecule has 0 amide bonds. The summed E-state index contributed by atoms with van der Waals surface area (Å²) in [6.07, 6.45) is 1.80. The highest BCUT2D eigenvalue weighted by Crippen LogP contribution is 2.74. The first-order valence-electron chi connectivity index (χ1n) is 4.42. The smallest absolute Gasteiger partial charge is 0.312 e. The molecular formula is C9H11ClO3. The maximum Gasteiger partial charge on any atom is 0.312 e. The highest BCUT2D eigenvalue weighted by molar-refractivity contribution is 6.65. The highest BCUT2D eigenvalue weighted by Gasteiger charge is 2.75. The molecule has 3 nitrogen and oxygen atoms in total. The molecule has 0 atom stereocenters. The molecule has 0 aromatic carbocycles. The van der Waals surface area contributed by atoms with Crippen LogP contribution in [0.1, 0.15) is 26.2 Å². The monoisotopic (exact) mass is 202 g/mol. The van der Waals surface area contributed by atoms with Crippen molar-refractivity contribution in [1.82, 2.24) is 0 Å². The molecule has 3 saturated carbocycles. The number of hydrogen-bond acceptors (Lipinski definition) is 3. The Morgan fingerprint density at radius 3 is 2.23 bits per heavy atom. The van der Waals surface area contributed by atoms with E-state index in [-0.39, 0.29) is 22.0 Å². The molecule has 0 radical (unpaired) electrons. The summed E-state index contributed by atoms with van der Waals surface area (Å²) in [4.78, 5) is 22.3. The van der Waals surface area contributed by atoms with Crippen molar-refractivity contribution in [2.24, 2.45) is 10.8 Å². The Balaban J connectivity index is 1.96. The molecule has 0 aromatic heterocycles. The van der Waals surface area contributed by atoms with Gasteiger partial charge >= 0.3 is 5.97 Å². The van der Waals surface area contributed by atoms with Crippen molar-refractivity contribution < 1.29 is 14.3 Å². The van der Waals surface area contributed by atoms with Crippen LogP contribution in [0.5, 0.6) is 0 Å².